The van der Waals surface area contributed by atoms with Gasteiger partial charge in [-0.15, -0.1) is 0 Å². The summed E-state index contributed by atoms with van der Waals surface area (Å²) < 4.78 is 0. The second kappa shape index (κ2) is 8.18. The average Bonchev–Trinajstić information content (AvgIpc) is 2.52. The molecule has 1 aromatic rings. The number of hydrogen-bond donors (Lipinski definition) is 1. The van der Waals surface area contributed by atoms with Gasteiger partial charge >= 0.3 is 0 Å². The molecule has 0 radical (unpaired) electrons. The predicted octanol–water partition coefficient (Wildman–Crippen LogP) is 2.71. The number of nitrogens with zero attached hydrogens (tertiary/aromatic N) is 1. The van der Waals surface area contributed by atoms with Crippen molar-refractivity contribution in [1.82, 2.24) is 10.2 Å². The minimum absolute atomic E-state index is 0.218. The van der Waals surface area contributed by atoms with E-state index in [1.165, 1.54) is 5.56 Å². The van der Waals surface area contributed by atoms with Crippen LogP contribution in [0.15, 0.2) is 30.3 Å². The Labute approximate surface area is 128 Å². The first kappa shape index (κ1) is 16.0. The van der Waals surface area contributed by atoms with Crippen molar-refractivity contribution in [2.24, 2.45) is 11.8 Å². The summed E-state index contributed by atoms with van der Waals surface area (Å²) in [6.07, 6.45) is 4.14. The van der Waals surface area contributed by atoms with E-state index in [-0.39, 0.29) is 11.8 Å². The van der Waals surface area contributed by atoms with Gasteiger partial charge in [0.05, 0.1) is 0 Å². The molecule has 0 spiro atoms. The van der Waals surface area contributed by atoms with E-state index in [2.05, 4.69) is 48.5 Å². The van der Waals surface area contributed by atoms with Crippen LogP contribution in [-0.4, -0.2) is 37.5 Å². The van der Waals surface area contributed by atoms with Crippen molar-refractivity contribution in [3.63, 3.8) is 0 Å². The predicted molar refractivity (Wildman–Crippen MR) is 87.2 cm³/mol. The van der Waals surface area contributed by atoms with Gasteiger partial charge in [0.25, 0.3) is 0 Å². The second-order valence-corrected chi connectivity index (χ2v) is 6.29. The van der Waals surface area contributed by atoms with Crippen molar-refractivity contribution >= 4 is 5.91 Å². The van der Waals surface area contributed by atoms with Crippen LogP contribution in [0.25, 0.3) is 0 Å². The second-order valence-electron chi connectivity index (χ2n) is 6.29. The Kier molecular flexibility index (Phi) is 6.24. The van der Waals surface area contributed by atoms with Gasteiger partial charge in [-0.1, -0.05) is 43.7 Å². The molecule has 1 aliphatic rings. The number of carbonyl (C=O) groups excluding carboxylic acids is 1. The molecular weight excluding hydrogens is 260 g/mol. The van der Waals surface area contributed by atoms with Crippen LogP contribution in [0, 0.1) is 11.8 Å². The zero-order valence-corrected chi connectivity index (χ0v) is 13.3. The third-order valence-corrected chi connectivity index (χ3v) is 4.60. The SMILES string of the molecule is CC[C@H](CNC(=O)C1CCN(C)CC1)Cc1ccccc1. The molecule has 3 heteroatoms. The van der Waals surface area contributed by atoms with Gasteiger partial charge in [-0.3, -0.25) is 4.79 Å². The molecular formula is C18H28N2O. The molecule has 1 amide bonds. The molecule has 1 N–H and O–H groups in total. The first-order valence-corrected chi connectivity index (χ1v) is 8.19. The Bertz CT molecular complexity index is 424. The van der Waals surface area contributed by atoms with Crippen molar-refractivity contribution in [3.05, 3.63) is 35.9 Å². The summed E-state index contributed by atoms with van der Waals surface area (Å²) in [7, 11) is 2.13. The monoisotopic (exact) mass is 288 g/mol. The fourth-order valence-electron chi connectivity index (χ4n) is 2.97. The van der Waals surface area contributed by atoms with Gasteiger partial charge in [0, 0.05) is 12.5 Å². The number of carbonyl (C=O) groups is 1. The summed E-state index contributed by atoms with van der Waals surface area (Å²) in [5.74, 6) is 1.01. The Balaban J connectivity index is 1.76. The number of amides is 1. The Morgan fingerprint density at radius 1 is 1.29 bits per heavy atom. The maximum absolute atomic E-state index is 12.2. The molecule has 1 atom stereocenters. The third-order valence-electron chi connectivity index (χ3n) is 4.60. The Morgan fingerprint density at radius 2 is 1.95 bits per heavy atom. The van der Waals surface area contributed by atoms with Crippen LogP contribution in [0.4, 0.5) is 0 Å². The lowest BCUT2D eigenvalue weighted by Crippen LogP contribution is -2.40. The van der Waals surface area contributed by atoms with E-state index in [1.54, 1.807) is 0 Å². The molecule has 1 saturated heterocycles. The Morgan fingerprint density at radius 3 is 2.57 bits per heavy atom. The largest absolute Gasteiger partial charge is 0.356 e. The van der Waals surface area contributed by atoms with Crippen LogP contribution in [0.2, 0.25) is 0 Å². The molecule has 0 saturated carbocycles. The van der Waals surface area contributed by atoms with Gasteiger partial charge in [-0.2, -0.15) is 0 Å². The summed E-state index contributed by atoms with van der Waals surface area (Å²) >= 11 is 0. The summed E-state index contributed by atoms with van der Waals surface area (Å²) in [6, 6.07) is 10.5. The van der Waals surface area contributed by atoms with Crippen LogP contribution in [-0.2, 0) is 11.2 Å². The summed E-state index contributed by atoms with van der Waals surface area (Å²) in [4.78, 5) is 14.5. The molecule has 0 unspecified atom stereocenters. The van der Waals surface area contributed by atoms with Gasteiger partial charge in [-0.25, -0.2) is 0 Å². The quantitative estimate of drug-likeness (QED) is 0.873. The first-order valence-electron chi connectivity index (χ1n) is 8.19. The lowest BCUT2D eigenvalue weighted by molar-refractivity contribution is -0.126. The standard InChI is InChI=1S/C18H28N2O/c1-3-15(13-16-7-5-4-6-8-16)14-19-18(21)17-9-11-20(2)12-10-17/h4-8,15,17H,3,9-14H2,1-2H3,(H,19,21)/t15-/m0/s1. The molecule has 116 valence electrons. The number of likely N-dealkylation sites (tertiary alicyclic amines) is 1. The van der Waals surface area contributed by atoms with Gasteiger partial charge in [0.1, 0.15) is 0 Å². The van der Waals surface area contributed by atoms with Crippen LogP contribution in [0.1, 0.15) is 31.7 Å². The van der Waals surface area contributed by atoms with E-state index in [1.807, 2.05) is 6.07 Å². The van der Waals surface area contributed by atoms with E-state index in [9.17, 15) is 4.79 Å². The normalized spacial score (nSPS) is 18.4. The van der Waals surface area contributed by atoms with Crippen molar-refractivity contribution < 1.29 is 4.79 Å². The minimum Gasteiger partial charge on any atom is -0.356 e. The Hall–Kier alpha value is -1.35. The van der Waals surface area contributed by atoms with Gasteiger partial charge in [-0.05, 0) is 50.9 Å². The number of benzene rings is 1. The van der Waals surface area contributed by atoms with Crippen LogP contribution >= 0.6 is 0 Å². The van der Waals surface area contributed by atoms with Crippen molar-refractivity contribution in [1.29, 1.82) is 0 Å². The summed E-state index contributed by atoms with van der Waals surface area (Å²) in [5, 5.41) is 3.18. The highest BCUT2D eigenvalue weighted by Gasteiger charge is 2.23. The molecule has 1 aliphatic heterocycles. The average molecular weight is 288 g/mol. The van der Waals surface area contributed by atoms with E-state index in [4.69, 9.17) is 0 Å². The smallest absolute Gasteiger partial charge is 0.223 e. The third kappa shape index (κ3) is 5.16. The van der Waals surface area contributed by atoms with Crippen molar-refractivity contribution in [3.8, 4) is 0 Å². The van der Waals surface area contributed by atoms with E-state index < -0.39 is 0 Å². The van der Waals surface area contributed by atoms with E-state index in [0.717, 1.165) is 45.3 Å². The zero-order valence-electron chi connectivity index (χ0n) is 13.3. The van der Waals surface area contributed by atoms with E-state index in [0.29, 0.717) is 5.92 Å². The lowest BCUT2D eigenvalue weighted by atomic mass is 9.94. The number of hydrogen-bond acceptors (Lipinski definition) is 2. The van der Waals surface area contributed by atoms with Crippen LogP contribution in [0.5, 0.6) is 0 Å². The molecule has 0 bridgehead atoms. The highest BCUT2D eigenvalue weighted by Crippen LogP contribution is 2.17. The fourth-order valence-corrected chi connectivity index (χ4v) is 2.97. The van der Waals surface area contributed by atoms with Crippen molar-refractivity contribution in [2.75, 3.05) is 26.7 Å². The topological polar surface area (TPSA) is 32.3 Å². The van der Waals surface area contributed by atoms with Crippen LogP contribution < -0.4 is 5.32 Å². The number of rotatable bonds is 6. The maximum Gasteiger partial charge on any atom is 0.223 e. The highest BCUT2D eigenvalue weighted by molar-refractivity contribution is 5.78. The lowest BCUT2D eigenvalue weighted by Gasteiger charge is -2.28. The molecule has 1 aromatic carbocycles. The van der Waals surface area contributed by atoms with Gasteiger partial charge < -0.3 is 10.2 Å². The minimum atomic E-state index is 0.218. The molecule has 1 heterocycles. The maximum atomic E-state index is 12.2. The summed E-state index contributed by atoms with van der Waals surface area (Å²) in [5.41, 5.74) is 1.36. The molecule has 2 rings (SSSR count). The van der Waals surface area contributed by atoms with E-state index >= 15 is 0 Å². The van der Waals surface area contributed by atoms with Crippen LogP contribution in [0.3, 0.4) is 0 Å². The molecule has 0 aliphatic carbocycles. The molecule has 21 heavy (non-hydrogen) atoms. The first-order chi connectivity index (χ1) is 10.2. The number of nitrogens with one attached hydrogen (secondary N) is 1. The van der Waals surface area contributed by atoms with Gasteiger partial charge in [0.15, 0.2) is 0 Å². The molecule has 1 fully saturated rings. The highest BCUT2D eigenvalue weighted by atomic mass is 16.1. The summed E-state index contributed by atoms with van der Waals surface area (Å²) in [6.45, 7) is 5.09. The molecule has 3 nitrogen and oxygen atoms in total. The molecule has 0 aromatic heterocycles. The fraction of sp³-hybridized carbons (Fsp3) is 0.611. The number of piperidine rings is 1. The zero-order chi connectivity index (χ0) is 15.1. The van der Waals surface area contributed by atoms with Gasteiger partial charge in [0.2, 0.25) is 5.91 Å². The van der Waals surface area contributed by atoms with Crippen molar-refractivity contribution in [2.45, 2.75) is 32.6 Å².